The van der Waals surface area contributed by atoms with Crippen LogP contribution in [0.15, 0.2) is 51.7 Å². The first-order valence-electron chi connectivity index (χ1n) is 5.66. The van der Waals surface area contributed by atoms with E-state index >= 15 is 0 Å². The van der Waals surface area contributed by atoms with E-state index in [2.05, 4.69) is 41.8 Å². The topological polar surface area (TPSA) is 35.0 Å². The molecule has 1 aromatic carbocycles. The SMILES string of the molecule is Fc1cc(Br)cc(Oc2ccnc3cc(Br)cnc23)c1. The van der Waals surface area contributed by atoms with Crippen LogP contribution < -0.4 is 4.74 Å². The highest BCUT2D eigenvalue weighted by atomic mass is 79.9. The quantitative estimate of drug-likeness (QED) is 0.604. The van der Waals surface area contributed by atoms with Gasteiger partial charge in [0, 0.05) is 33.5 Å². The van der Waals surface area contributed by atoms with Crippen molar-refractivity contribution >= 4 is 42.9 Å². The molecule has 0 N–H and O–H groups in total. The third-order valence-corrected chi connectivity index (χ3v) is 3.46. The smallest absolute Gasteiger partial charge is 0.156 e. The zero-order chi connectivity index (χ0) is 14.1. The molecule has 0 atom stereocenters. The normalized spacial score (nSPS) is 10.8. The van der Waals surface area contributed by atoms with Gasteiger partial charge in [0.2, 0.25) is 0 Å². The number of halogens is 3. The Kier molecular flexibility index (Phi) is 3.67. The summed E-state index contributed by atoms with van der Waals surface area (Å²) in [5.74, 6) is 0.553. The van der Waals surface area contributed by atoms with Gasteiger partial charge < -0.3 is 4.74 Å². The molecule has 0 aliphatic carbocycles. The first-order valence-corrected chi connectivity index (χ1v) is 7.24. The van der Waals surface area contributed by atoms with Crippen LogP contribution in [0.2, 0.25) is 0 Å². The number of ether oxygens (including phenoxy) is 1. The molecule has 6 heteroatoms. The third-order valence-electron chi connectivity index (χ3n) is 2.57. The van der Waals surface area contributed by atoms with E-state index in [0.717, 1.165) is 4.47 Å². The highest BCUT2D eigenvalue weighted by Crippen LogP contribution is 2.30. The molecule has 3 aromatic rings. The van der Waals surface area contributed by atoms with Gasteiger partial charge in [0.15, 0.2) is 5.75 Å². The first-order chi connectivity index (χ1) is 9.61. The van der Waals surface area contributed by atoms with E-state index in [1.807, 2.05) is 6.07 Å². The lowest BCUT2D eigenvalue weighted by molar-refractivity contribution is 0.480. The van der Waals surface area contributed by atoms with Crippen molar-refractivity contribution in [1.82, 2.24) is 9.97 Å². The molecule has 2 heterocycles. The van der Waals surface area contributed by atoms with Crippen molar-refractivity contribution in [3.8, 4) is 11.5 Å². The average molecular weight is 398 g/mol. The molecule has 3 rings (SSSR count). The predicted molar refractivity (Wildman–Crippen MR) is 81.4 cm³/mol. The molecule has 0 spiro atoms. The van der Waals surface area contributed by atoms with Crippen LogP contribution in [-0.4, -0.2) is 9.97 Å². The van der Waals surface area contributed by atoms with Gasteiger partial charge in [-0.05, 0) is 34.1 Å². The number of nitrogens with zero attached hydrogens (tertiary/aromatic N) is 2. The van der Waals surface area contributed by atoms with Crippen LogP contribution >= 0.6 is 31.9 Å². The predicted octanol–water partition coefficient (Wildman–Crippen LogP) is 5.09. The summed E-state index contributed by atoms with van der Waals surface area (Å²) < 4.78 is 20.5. The van der Waals surface area contributed by atoms with Gasteiger partial charge in [0.05, 0.1) is 5.52 Å². The molecule has 20 heavy (non-hydrogen) atoms. The van der Waals surface area contributed by atoms with Crippen LogP contribution in [0.25, 0.3) is 11.0 Å². The summed E-state index contributed by atoms with van der Waals surface area (Å²) in [5, 5.41) is 0. The zero-order valence-electron chi connectivity index (χ0n) is 9.98. The molecule has 0 radical (unpaired) electrons. The van der Waals surface area contributed by atoms with Crippen molar-refractivity contribution in [3.63, 3.8) is 0 Å². The average Bonchev–Trinajstić information content (AvgIpc) is 2.37. The van der Waals surface area contributed by atoms with Gasteiger partial charge in [-0.15, -0.1) is 0 Å². The summed E-state index contributed by atoms with van der Waals surface area (Å²) in [6.07, 6.45) is 3.29. The van der Waals surface area contributed by atoms with Gasteiger partial charge in [-0.3, -0.25) is 4.98 Å². The lowest BCUT2D eigenvalue weighted by atomic mass is 10.3. The molecule has 100 valence electrons. The van der Waals surface area contributed by atoms with E-state index in [0.29, 0.717) is 27.0 Å². The van der Waals surface area contributed by atoms with Gasteiger partial charge in [-0.2, -0.15) is 0 Å². The number of pyridine rings is 2. The summed E-state index contributed by atoms with van der Waals surface area (Å²) in [5.41, 5.74) is 1.32. The molecule has 0 unspecified atom stereocenters. The van der Waals surface area contributed by atoms with Crippen LogP contribution in [0, 0.1) is 5.82 Å². The standard InChI is InChI=1S/C14H7Br2FN2O/c15-8-3-10(17)6-11(4-8)20-13-1-2-18-12-5-9(16)7-19-14(12)13/h1-7H. The summed E-state index contributed by atoms with van der Waals surface area (Å²) in [6, 6.07) is 7.91. The maximum atomic E-state index is 13.4. The van der Waals surface area contributed by atoms with E-state index < -0.39 is 0 Å². The molecule has 0 bridgehead atoms. The van der Waals surface area contributed by atoms with Crippen molar-refractivity contribution in [2.24, 2.45) is 0 Å². The molecule has 0 saturated heterocycles. The summed E-state index contributed by atoms with van der Waals surface area (Å²) >= 11 is 6.58. The lowest BCUT2D eigenvalue weighted by Gasteiger charge is -2.08. The molecule has 0 aliphatic rings. The molecule has 0 fully saturated rings. The Hall–Kier alpha value is -1.53. The van der Waals surface area contributed by atoms with Crippen molar-refractivity contribution in [3.05, 3.63) is 57.5 Å². The monoisotopic (exact) mass is 396 g/mol. The Balaban J connectivity index is 2.06. The van der Waals surface area contributed by atoms with Crippen molar-refractivity contribution in [2.45, 2.75) is 0 Å². The second kappa shape index (κ2) is 5.46. The van der Waals surface area contributed by atoms with E-state index in [9.17, 15) is 4.39 Å². The number of aromatic nitrogens is 2. The second-order valence-corrected chi connectivity index (χ2v) is 5.87. The molecule has 0 saturated carbocycles. The first kappa shape index (κ1) is 13.5. The molecule has 0 aliphatic heterocycles. The van der Waals surface area contributed by atoms with Gasteiger partial charge >= 0.3 is 0 Å². The highest BCUT2D eigenvalue weighted by Gasteiger charge is 2.08. The van der Waals surface area contributed by atoms with Crippen LogP contribution in [0.3, 0.4) is 0 Å². The van der Waals surface area contributed by atoms with Crippen molar-refractivity contribution in [2.75, 3.05) is 0 Å². The van der Waals surface area contributed by atoms with Gasteiger partial charge in [-0.25, -0.2) is 9.37 Å². The number of rotatable bonds is 2. The Bertz CT molecular complexity index is 775. The second-order valence-electron chi connectivity index (χ2n) is 4.04. The molecular weight excluding hydrogens is 391 g/mol. The maximum Gasteiger partial charge on any atom is 0.156 e. The van der Waals surface area contributed by atoms with Gasteiger partial charge in [0.1, 0.15) is 17.1 Å². The summed E-state index contributed by atoms with van der Waals surface area (Å²) in [6.45, 7) is 0. The summed E-state index contributed by atoms with van der Waals surface area (Å²) in [7, 11) is 0. The maximum absolute atomic E-state index is 13.4. The van der Waals surface area contributed by atoms with Crippen molar-refractivity contribution < 1.29 is 9.13 Å². The largest absolute Gasteiger partial charge is 0.455 e. The molecule has 2 aromatic heterocycles. The van der Waals surface area contributed by atoms with E-state index in [4.69, 9.17) is 4.74 Å². The van der Waals surface area contributed by atoms with Crippen LogP contribution in [0.4, 0.5) is 4.39 Å². The van der Waals surface area contributed by atoms with E-state index in [-0.39, 0.29) is 5.82 Å². The van der Waals surface area contributed by atoms with Crippen molar-refractivity contribution in [1.29, 1.82) is 0 Å². The number of hydrogen-bond donors (Lipinski definition) is 0. The highest BCUT2D eigenvalue weighted by molar-refractivity contribution is 9.10. The summed E-state index contributed by atoms with van der Waals surface area (Å²) in [4.78, 5) is 8.51. The van der Waals surface area contributed by atoms with Gasteiger partial charge in [0.25, 0.3) is 0 Å². The molecule has 0 amide bonds. The minimum atomic E-state index is -0.372. The van der Waals surface area contributed by atoms with Gasteiger partial charge in [-0.1, -0.05) is 15.9 Å². The van der Waals surface area contributed by atoms with E-state index in [1.54, 1.807) is 24.5 Å². The lowest BCUT2D eigenvalue weighted by Crippen LogP contribution is -1.91. The number of fused-ring (bicyclic) bond motifs is 1. The fourth-order valence-electron chi connectivity index (χ4n) is 1.78. The zero-order valence-corrected chi connectivity index (χ0v) is 13.2. The Labute approximate surface area is 131 Å². The third kappa shape index (κ3) is 2.81. The Morgan fingerprint density at radius 2 is 1.85 bits per heavy atom. The molecule has 3 nitrogen and oxygen atoms in total. The minimum Gasteiger partial charge on any atom is -0.455 e. The molecular formula is C14H7Br2FN2O. The Morgan fingerprint density at radius 1 is 1.00 bits per heavy atom. The minimum absolute atomic E-state index is 0.372. The number of benzene rings is 1. The van der Waals surface area contributed by atoms with Crippen LogP contribution in [-0.2, 0) is 0 Å². The van der Waals surface area contributed by atoms with E-state index in [1.165, 1.54) is 12.1 Å². The van der Waals surface area contributed by atoms with Crippen LogP contribution in [0.1, 0.15) is 0 Å². The Morgan fingerprint density at radius 3 is 2.65 bits per heavy atom. The number of hydrogen-bond acceptors (Lipinski definition) is 3. The van der Waals surface area contributed by atoms with Crippen LogP contribution in [0.5, 0.6) is 11.5 Å². The fourth-order valence-corrected chi connectivity index (χ4v) is 2.54. The fraction of sp³-hybridized carbons (Fsp3) is 0.